The fourth-order valence-corrected chi connectivity index (χ4v) is 4.80. The quantitative estimate of drug-likeness (QED) is 0.908. The van der Waals surface area contributed by atoms with Crippen molar-refractivity contribution in [3.8, 4) is 0 Å². The van der Waals surface area contributed by atoms with Crippen LogP contribution in [-0.4, -0.2) is 32.8 Å². The van der Waals surface area contributed by atoms with E-state index in [4.69, 9.17) is 5.73 Å². The molecule has 2 rings (SSSR count). The van der Waals surface area contributed by atoms with Crippen LogP contribution in [0.2, 0.25) is 0 Å². The lowest BCUT2D eigenvalue weighted by Crippen LogP contribution is -2.49. The molecule has 4 nitrogen and oxygen atoms in total. The normalized spacial score (nSPS) is 23.3. The minimum absolute atomic E-state index is 0.194. The van der Waals surface area contributed by atoms with Crippen molar-refractivity contribution in [1.82, 2.24) is 0 Å². The molecular formula is C16H26N2O2S. The van der Waals surface area contributed by atoms with Gasteiger partial charge in [0.05, 0.1) is 16.3 Å². The van der Waals surface area contributed by atoms with Crippen molar-refractivity contribution in [3.05, 3.63) is 24.3 Å². The Balaban J connectivity index is 2.48. The second-order valence-electron chi connectivity index (χ2n) is 5.86. The Morgan fingerprint density at radius 2 is 2.00 bits per heavy atom. The third-order valence-electron chi connectivity index (χ3n) is 4.25. The molecule has 21 heavy (non-hydrogen) atoms. The fourth-order valence-electron chi connectivity index (χ4n) is 3.26. The zero-order valence-electron chi connectivity index (χ0n) is 13.0. The molecule has 1 heterocycles. The summed E-state index contributed by atoms with van der Waals surface area (Å²) in [6.07, 6.45) is 3.90. The predicted octanol–water partition coefficient (Wildman–Crippen LogP) is 2.58. The van der Waals surface area contributed by atoms with E-state index in [9.17, 15) is 8.42 Å². The van der Waals surface area contributed by atoms with Crippen molar-refractivity contribution in [3.63, 3.8) is 0 Å². The van der Waals surface area contributed by atoms with E-state index in [1.165, 1.54) is 0 Å². The van der Waals surface area contributed by atoms with Crippen LogP contribution in [0.5, 0.6) is 0 Å². The number of piperidine rings is 1. The molecule has 2 unspecified atom stereocenters. The molecule has 1 aliphatic heterocycles. The molecule has 1 aromatic carbocycles. The number of hydrogen-bond donors (Lipinski definition) is 1. The van der Waals surface area contributed by atoms with Gasteiger partial charge < -0.3 is 10.6 Å². The summed E-state index contributed by atoms with van der Waals surface area (Å²) >= 11 is 0. The van der Waals surface area contributed by atoms with Gasteiger partial charge in [-0.15, -0.1) is 0 Å². The van der Waals surface area contributed by atoms with Crippen LogP contribution in [-0.2, 0) is 9.84 Å². The highest BCUT2D eigenvalue weighted by atomic mass is 32.2. The van der Waals surface area contributed by atoms with E-state index in [1.54, 1.807) is 12.1 Å². The van der Waals surface area contributed by atoms with Crippen molar-refractivity contribution in [2.75, 3.05) is 17.2 Å². The standard InChI is InChI=1S/C16H26N2O2S/c1-3-11-21(19,20)16-10-5-4-9-15(16)18-13(2)7-6-8-14(18)12-17/h4-5,9-10,13-14H,3,6-8,11-12,17H2,1-2H3. The minimum atomic E-state index is -3.23. The summed E-state index contributed by atoms with van der Waals surface area (Å²) in [6, 6.07) is 7.92. The SMILES string of the molecule is CCCS(=O)(=O)c1ccccc1N1C(C)CCCC1CN. The summed E-state index contributed by atoms with van der Waals surface area (Å²) < 4.78 is 25.1. The van der Waals surface area contributed by atoms with Gasteiger partial charge in [-0.1, -0.05) is 19.1 Å². The Morgan fingerprint density at radius 1 is 1.29 bits per heavy atom. The lowest BCUT2D eigenvalue weighted by Gasteiger charge is -2.42. The van der Waals surface area contributed by atoms with Crippen LogP contribution in [0.3, 0.4) is 0 Å². The van der Waals surface area contributed by atoms with Crippen LogP contribution in [0.4, 0.5) is 5.69 Å². The van der Waals surface area contributed by atoms with E-state index in [-0.39, 0.29) is 11.8 Å². The summed E-state index contributed by atoms with van der Waals surface area (Å²) in [7, 11) is -3.23. The minimum Gasteiger partial charge on any atom is -0.364 e. The zero-order chi connectivity index (χ0) is 15.5. The number of rotatable bonds is 5. The van der Waals surface area contributed by atoms with Gasteiger partial charge in [-0.3, -0.25) is 0 Å². The van der Waals surface area contributed by atoms with E-state index in [1.807, 2.05) is 19.1 Å². The molecule has 0 bridgehead atoms. The highest BCUT2D eigenvalue weighted by Gasteiger charge is 2.30. The number of para-hydroxylation sites is 1. The van der Waals surface area contributed by atoms with Crippen LogP contribution in [0.15, 0.2) is 29.2 Å². The van der Waals surface area contributed by atoms with Gasteiger partial charge in [-0.05, 0) is 44.7 Å². The average molecular weight is 310 g/mol. The summed E-state index contributed by atoms with van der Waals surface area (Å²) in [5.74, 6) is 0.194. The fraction of sp³-hybridized carbons (Fsp3) is 0.625. The molecule has 0 radical (unpaired) electrons. The van der Waals surface area contributed by atoms with E-state index in [0.717, 1.165) is 24.9 Å². The topological polar surface area (TPSA) is 63.4 Å². The maximum absolute atomic E-state index is 12.5. The second-order valence-corrected chi connectivity index (χ2v) is 7.94. The highest BCUT2D eigenvalue weighted by molar-refractivity contribution is 7.91. The molecule has 2 N–H and O–H groups in total. The number of benzene rings is 1. The Hall–Kier alpha value is -1.07. The number of anilines is 1. The highest BCUT2D eigenvalue weighted by Crippen LogP contribution is 2.34. The van der Waals surface area contributed by atoms with Crippen molar-refractivity contribution in [2.45, 2.75) is 56.5 Å². The number of nitrogens with zero attached hydrogens (tertiary/aromatic N) is 1. The van der Waals surface area contributed by atoms with Crippen LogP contribution < -0.4 is 10.6 Å². The Morgan fingerprint density at radius 3 is 2.67 bits per heavy atom. The molecular weight excluding hydrogens is 284 g/mol. The first-order chi connectivity index (χ1) is 10.0. The van der Waals surface area contributed by atoms with Gasteiger partial charge in [0.15, 0.2) is 9.84 Å². The van der Waals surface area contributed by atoms with E-state index < -0.39 is 9.84 Å². The molecule has 1 saturated heterocycles. The van der Waals surface area contributed by atoms with Crippen molar-refractivity contribution < 1.29 is 8.42 Å². The molecule has 0 aromatic heterocycles. The molecule has 0 aliphatic carbocycles. The van der Waals surface area contributed by atoms with Crippen LogP contribution in [0, 0.1) is 0 Å². The molecule has 1 aliphatic rings. The first kappa shape index (κ1) is 16.3. The summed E-state index contributed by atoms with van der Waals surface area (Å²) in [5.41, 5.74) is 6.75. The maximum Gasteiger partial charge on any atom is 0.180 e. The summed E-state index contributed by atoms with van der Waals surface area (Å²) in [6.45, 7) is 4.61. The van der Waals surface area contributed by atoms with Crippen molar-refractivity contribution in [1.29, 1.82) is 0 Å². The largest absolute Gasteiger partial charge is 0.364 e. The van der Waals surface area contributed by atoms with Crippen LogP contribution >= 0.6 is 0 Å². The van der Waals surface area contributed by atoms with Gasteiger partial charge in [-0.25, -0.2) is 8.42 Å². The van der Waals surface area contributed by atoms with Gasteiger partial charge in [0.2, 0.25) is 0 Å². The first-order valence-electron chi connectivity index (χ1n) is 7.81. The first-order valence-corrected chi connectivity index (χ1v) is 9.46. The molecule has 0 spiro atoms. The maximum atomic E-state index is 12.5. The number of hydrogen-bond acceptors (Lipinski definition) is 4. The van der Waals surface area contributed by atoms with Gasteiger partial charge in [0, 0.05) is 18.6 Å². The summed E-state index contributed by atoms with van der Waals surface area (Å²) in [4.78, 5) is 2.69. The van der Waals surface area contributed by atoms with Gasteiger partial charge in [0.1, 0.15) is 0 Å². The van der Waals surface area contributed by atoms with Crippen molar-refractivity contribution >= 4 is 15.5 Å². The van der Waals surface area contributed by atoms with Crippen LogP contribution in [0.25, 0.3) is 0 Å². The van der Waals surface area contributed by atoms with E-state index in [2.05, 4.69) is 11.8 Å². The molecule has 0 saturated carbocycles. The molecule has 118 valence electrons. The number of nitrogens with two attached hydrogens (primary N) is 1. The molecule has 2 atom stereocenters. The Kier molecular flexibility index (Phi) is 5.27. The Labute approximate surface area is 128 Å². The molecule has 1 fully saturated rings. The van der Waals surface area contributed by atoms with E-state index >= 15 is 0 Å². The summed E-state index contributed by atoms with van der Waals surface area (Å²) in [5, 5.41) is 0. The third-order valence-corrected chi connectivity index (χ3v) is 6.21. The monoisotopic (exact) mass is 310 g/mol. The molecule has 0 amide bonds. The molecule has 1 aromatic rings. The predicted molar refractivity (Wildman–Crippen MR) is 87.4 cm³/mol. The van der Waals surface area contributed by atoms with Gasteiger partial charge >= 0.3 is 0 Å². The zero-order valence-corrected chi connectivity index (χ0v) is 13.8. The lowest BCUT2D eigenvalue weighted by atomic mass is 9.95. The third kappa shape index (κ3) is 3.40. The van der Waals surface area contributed by atoms with Crippen molar-refractivity contribution in [2.24, 2.45) is 5.73 Å². The lowest BCUT2D eigenvalue weighted by molar-refractivity contribution is 0.398. The smallest absolute Gasteiger partial charge is 0.180 e. The molecule has 5 heteroatoms. The van der Waals surface area contributed by atoms with Gasteiger partial charge in [0.25, 0.3) is 0 Å². The van der Waals surface area contributed by atoms with Crippen LogP contribution in [0.1, 0.15) is 39.5 Å². The van der Waals surface area contributed by atoms with Gasteiger partial charge in [-0.2, -0.15) is 0 Å². The number of sulfone groups is 1. The second kappa shape index (κ2) is 6.79. The average Bonchev–Trinajstić information content (AvgIpc) is 2.47. The Bertz CT molecular complexity index is 571. The van der Waals surface area contributed by atoms with E-state index in [0.29, 0.717) is 23.9 Å².